The van der Waals surface area contributed by atoms with Gasteiger partial charge in [0.2, 0.25) is 0 Å². The second kappa shape index (κ2) is 5.21. The van der Waals surface area contributed by atoms with Gasteiger partial charge in [0.1, 0.15) is 16.5 Å². The molecule has 2 aliphatic heterocycles. The van der Waals surface area contributed by atoms with Crippen molar-refractivity contribution in [3.63, 3.8) is 0 Å². The summed E-state index contributed by atoms with van der Waals surface area (Å²) in [5, 5.41) is 3.34. The lowest BCUT2D eigenvalue weighted by Crippen LogP contribution is -2.62. The Morgan fingerprint density at radius 1 is 1.24 bits per heavy atom. The summed E-state index contributed by atoms with van der Waals surface area (Å²) >= 11 is 1.71. The van der Waals surface area contributed by atoms with Crippen LogP contribution >= 0.6 is 11.3 Å². The van der Waals surface area contributed by atoms with Crippen LogP contribution in [0.25, 0.3) is 10.2 Å². The topological polar surface area (TPSA) is 32.3 Å². The van der Waals surface area contributed by atoms with Crippen LogP contribution in [0.15, 0.2) is 11.4 Å². The maximum atomic E-state index is 4.70. The average molecular weight is 302 g/mol. The summed E-state index contributed by atoms with van der Waals surface area (Å²) in [7, 11) is 0. The molecule has 4 rings (SSSR count). The molecule has 112 valence electrons. The van der Waals surface area contributed by atoms with E-state index in [9.17, 15) is 0 Å². The van der Waals surface area contributed by atoms with Crippen LogP contribution in [0.1, 0.15) is 32.0 Å². The van der Waals surface area contributed by atoms with Gasteiger partial charge in [-0.15, -0.1) is 11.3 Å². The third-order valence-electron chi connectivity index (χ3n) is 4.90. The molecule has 0 unspecified atom stereocenters. The number of aryl methyl sites for hydroxylation is 1. The molecule has 4 heterocycles. The number of fused-ring (bicyclic) bond motifs is 1. The summed E-state index contributed by atoms with van der Waals surface area (Å²) in [4.78, 5) is 15.5. The van der Waals surface area contributed by atoms with Crippen LogP contribution in [0.4, 0.5) is 5.82 Å². The van der Waals surface area contributed by atoms with Gasteiger partial charge in [-0.05, 0) is 44.7 Å². The van der Waals surface area contributed by atoms with E-state index in [-0.39, 0.29) is 0 Å². The fraction of sp³-hybridized carbons (Fsp3) is 0.625. The van der Waals surface area contributed by atoms with E-state index in [2.05, 4.69) is 33.2 Å². The monoisotopic (exact) mass is 302 g/mol. The molecule has 2 saturated heterocycles. The standard InChI is InChI=1S/C16H22N4S/c1-11-5-3-4-7-20(11)13-9-19(10-13)15-14-6-8-21-16(14)18-12(2)17-15/h6,8,11,13H,3-5,7,9-10H2,1-2H3/t11-/m0/s1. The largest absolute Gasteiger partial charge is 0.353 e. The van der Waals surface area contributed by atoms with E-state index in [4.69, 9.17) is 4.98 Å². The molecule has 5 heteroatoms. The summed E-state index contributed by atoms with van der Waals surface area (Å²) in [5.74, 6) is 2.02. The highest BCUT2D eigenvalue weighted by molar-refractivity contribution is 7.16. The van der Waals surface area contributed by atoms with Crippen molar-refractivity contribution in [2.24, 2.45) is 0 Å². The maximum absolute atomic E-state index is 4.70. The van der Waals surface area contributed by atoms with Crippen molar-refractivity contribution in [2.75, 3.05) is 24.5 Å². The van der Waals surface area contributed by atoms with Crippen LogP contribution in [0.2, 0.25) is 0 Å². The van der Waals surface area contributed by atoms with Gasteiger partial charge < -0.3 is 4.90 Å². The fourth-order valence-corrected chi connectivity index (χ4v) is 4.49. The molecule has 0 radical (unpaired) electrons. The minimum Gasteiger partial charge on any atom is -0.353 e. The molecule has 2 aliphatic rings. The van der Waals surface area contributed by atoms with Gasteiger partial charge in [0, 0.05) is 25.2 Å². The van der Waals surface area contributed by atoms with Crippen molar-refractivity contribution in [1.29, 1.82) is 0 Å². The van der Waals surface area contributed by atoms with E-state index in [1.807, 2.05) is 6.92 Å². The van der Waals surface area contributed by atoms with Crippen LogP contribution in [0, 0.1) is 6.92 Å². The average Bonchev–Trinajstić information content (AvgIpc) is 2.87. The molecule has 0 N–H and O–H groups in total. The lowest BCUT2D eigenvalue weighted by Gasteiger charge is -2.49. The molecule has 2 fully saturated rings. The van der Waals surface area contributed by atoms with Crippen molar-refractivity contribution in [3.8, 4) is 0 Å². The van der Waals surface area contributed by atoms with Crippen molar-refractivity contribution < 1.29 is 0 Å². The lowest BCUT2D eigenvalue weighted by molar-refractivity contribution is 0.0874. The first kappa shape index (κ1) is 13.5. The van der Waals surface area contributed by atoms with Crippen molar-refractivity contribution in [2.45, 2.75) is 45.2 Å². The molecule has 4 nitrogen and oxygen atoms in total. The summed E-state index contributed by atoms with van der Waals surface area (Å²) < 4.78 is 0. The van der Waals surface area contributed by atoms with Crippen LogP contribution < -0.4 is 4.90 Å². The first-order valence-electron chi connectivity index (χ1n) is 7.95. The Morgan fingerprint density at radius 2 is 2.10 bits per heavy atom. The van der Waals surface area contributed by atoms with Gasteiger partial charge in [-0.3, -0.25) is 4.90 Å². The zero-order valence-electron chi connectivity index (χ0n) is 12.7. The highest BCUT2D eigenvalue weighted by Crippen LogP contribution is 2.33. The van der Waals surface area contributed by atoms with Gasteiger partial charge in [0.15, 0.2) is 0 Å². The Labute approximate surface area is 129 Å². The second-order valence-electron chi connectivity index (χ2n) is 6.38. The van der Waals surface area contributed by atoms with Crippen LogP contribution in [-0.4, -0.2) is 46.6 Å². The quantitative estimate of drug-likeness (QED) is 0.853. The number of anilines is 1. The molecule has 0 bridgehead atoms. The number of likely N-dealkylation sites (tertiary alicyclic amines) is 1. The number of rotatable bonds is 2. The van der Waals surface area contributed by atoms with Crippen LogP contribution in [-0.2, 0) is 0 Å². The van der Waals surface area contributed by atoms with Crippen molar-refractivity contribution in [1.82, 2.24) is 14.9 Å². The Bertz CT molecular complexity index is 647. The van der Waals surface area contributed by atoms with E-state index in [0.29, 0.717) is 6.04 Å². The van der Waals surface area contributed by atoms with E-state index in [1.54, 1.807) is 11.3 Å². The Kier molecular flexibility index (Phi) is 3.34. The molecule has 0 aromatic carbocycles. The number of hydrogen-bond donors (Lipinski definition) is 0. The molecular formula is C16H22N4S. The van der Waals surface area contributed by atoms with Crippen LogP contribution in [0.5, 0.6) is 0 Å². The summed E-state index contributed by atoms with van der Waals surface area (Å²) in [6, 6.07) is 3.62. The van der Waals surface area contributed by atoms with E-state index in [1.165, 1.54) is 31.2 Å². The number of aromatic nitrogens is 2. The molecule has 21 heavy (non-hydrogen) atoms. The minimum absolute atomic E-state index is 0.712. The second-order valence-corrected chi connectivity index (χ2v) is 7.27. The number of nitrogens with zero attached hydrogens (tertiary/aromatic N) is 4. The smallest absolute Gasteiger partial charge is 0.141 e. The predicted molar refractivity (Wildman–Crippen MR) is 88.2 cm³/mol. The minimum atomic E-state index is 0.712. The Hall–Kier alpha value is -1.20. The van der Waals surface area contributed by atoms with Gasteiger partial charge in [0.25, 0.3) is 0 Å². The van der Waals surface area contributed by atoms with Gasteiger partial charge >= 0.3 is 0 Å². The molecular weight excluding hydrogens is 280 g/mol. The third-order valence-corrected chi connectivity index (χ3v) is 5.71. The normalized spacial score (nSPS) is 24.5. The highest BCUT2D eigenvalue weighted by atomic mass is 32.1. The zero-order valence-corrected chi connectivity index (χ0v) is 13.6. The SMILES string of the molecule is Cc1nc(N2CC(N3CCCC[C@@H]3C)C2)c2ccsc2n1. The first-order valence-corrected chi connectivity index (χ1v) is 8.83. The Balaban J connectivity index is 1.53. The molecule has 0 amide bonds. The Morgan fingerprint density at radius 3 is 2.90 bits per heavy atom. The van der Waals surface area contributed by atoms with Gasteiger partial charge in [0.05, 0.1) is 5.39 Å². The van der Waals surface area contributed by atoms with Gasteiger partial charge in [-0.25, -0.2) is 9.97 Å². The predicted octanol–water partition coefficient (Wildman–Crippen LogP) is 3.06. The van der Waals surface area contributed by atoms with Crippen molar-refractivity contribution in [3.05, 3.63) is 17.3 Å². The van der Waals surface area contributed by atoms with Gasteiger partial charge in [-0.1, -0.05) is 6.42 Å². The molecule has 2 aromatic heterocycles. The molecule has 0 spiro atoms. The number of hydrogen-bond acceptors (Lipinski definition) is 5. The first-order chi connectivity index (χ1) is 10.2. The molecule has 2 aromatic rings. The van der Waals surface area contributed by atoms with Gasteiger partial charge in [-0.2, -0.15) is 0 Å². The lowest BCUT2D eigenvalue weighted by atomic mass is 9.97. The molecule has 1 atom stereocenters. The van der Waals surface area contributed by atoms with E-state index < -0.39 is 0 Å². The van der Waals surface area contributed by atoms with E-state index >= 15 is 0 Å². The summed E-state index contributed by atoms with van der Waals surface area (Å²) in [6.07, 6.45) is 4.12. The summed E-state index contributed by atoms with van der Waals surface area (Å²) in [6.45, 7) is 7.88. The number of piperidine rings is 1. The molecule has 0 aliphatic carbocycles. The van der Waals surface area contributed by atoms with E-state index in [0.717, 1.165) is 35.6 Å². The number of thiophene rings is 1. The fourth-order valence-electron chi connectivity index (χ4n) is 3.69. The third kappa shape index (κ3) is 2.32. The highest BCUT2D eigenvalue weighted by Gasteiger charge is 2.36. The summed E-state index contributed by atoms with van der Waals surface area (Å²) in [5.41, 5.74) is 0. The molecule has 0 saturated carbocycles. The maximum Gasteiger partial charge on any atom is 0.141 e. The zero-order chi connectivity index (χ0) is 14.4. The van der Waals surface area contributed by atoms with Crippen LogP contribution in [0.3, 0.4) is 0 Å². The van der Waals surface area contributed by atoms with Crippen molar-refractivity contribution >= 4 is 27.4 Å².